The Hall–Kier alpha value is -0.500. The number of hydrogen-bond donors (Lipinski definition) is 0. The molecule has 0 saturated heterocycles. The van der Waals surface area contributed by atoms with Crippen LogP contribution in [0.4, 0.5) is 26.5 Å². The summed E-state index contributed by atoms with van der Waals surface area (Å²) in [5.74, 6) is 0. The SMILES string of the molecule is C.C.CCF.CCF.CF.COF.FCOCF. The van der Waals surface area contributed by atoms with Crippen LogP contribution in [0.1, 0.15) is 28.7 Å². The first-order valence-electron chi connectivity index (χ1n) is 4.00. The van der Waals surface area contributed by atoms with Crippen LogP contribution in [0.5, 0.6) is 0 Å². The Balaban J connectivity index is -0.0000000169. The van der Waals surface area contributed by atoms with Crippen molar-refractivity contribution in [1.29, 1.82) is 0 Å². The van der Waals surface area contributed by atoms with Crippen LogP contribution in [0, 0.1) is 0 Å². The van der Waals surface area contributed by atoms with Crippen LogP contribution in [-0.2, 0) is 9.68 Å². The predicted molar refractivity (Wildman–Crippen MR) is 64.9 cm³/mol. The molecule has 2 nitrogen and oxygen atoms in total. The average Bonchev–Trinajstić information content (AvgIpc) is 2.25. The molecule has 0 heterocycles. The van der Waals surface area contributed by atoms with Gasteiger partial charge in [0, 0.05) is 0 Å². The highest BCUT2D eigenvalue weighted by atomic mass is 19.3. The molecule has 0 spiro atoms. The van der Waals surface area contributed by atoms with Gasteiger partial charge in [0.1, 0.15) is 0 Å². The Kier molecular flexibility index (Phi) is 315. The molecule has 0 saturated carbocycles. The van der Waals surface area contributed by atoms with E-state index in [-0.39, 0.29) is 28.2 Å². The molecule has 0 amide bonds. The molecular weight excluding hydrogens is 266 g/mol. The first-order chi connectivity index (χ1) is 7.66. The smallest absolute Gasteiger partial charge is 0.191 e. The summed E-state index contributed by atoms with van der Waals surface area (Å²) < 4.78 is 64.4. The minimum Gasteiger partial charge on any atom is -0.319 e. The summed E-state index contributed by atoms with van der Waals surface area (Å²) in [7, 11) is 1.46. The number of rotatable bonds is 2. The van der Waals surface area contributed by atoms with Gasteiger partial charge in [0.05, 0.1) is 27.6 Å². The Morgan fingerprint density at radius 3 is 0.889 bits per heavy atom. The van der Waals surface area contributed by atoms with E-state index in [1.165, 1.54) is 13.8 Å². The van der Waals surface area contributed by atoms with Gasteiger partial charge in [-0.25, -0.2) is 8.78 Å². The molecule has 0 atom stereocenters. The van der Waals surface area contributed by atoms with Crippen molar-refractivity contribution in [3.05, 3.63) is 0 Å². The monoisotopic (exact) mass is 294 g/mol. The molecule has 0 fully saturated rings. The van der Waals surface area contributed by atoms with Crippen molar-refractivity contribution >= 4 is 0 Å². The van der Waals surface area contributed by atoms with Crippen LogP contribution < -0.4 is 0 Å². The van der Waals surface area contributed by atoms with E-state index in [1.807, 2.05) is 0 Å². The zero-order chi connectivity index (χ0) is 14.2. The number of halogens is 6. The highest BCUT2D eigenvalue weighted by Crippen LogP contribution is 1.71. The third kappa shape index (κ3) is 1450. The number of alkyl halides is 5. The van der Waals surface area contributed by atoms with Crippen LogP contribution in [0.2, 0.25) is 0 Å². The molecule has 0 aromatic rings. The Bertz CT molecular complexity index is 48.6. The summed E-state index contributed by atoms with van der Waals surface area (Å²) in [6.07, 6.45) is 0. The summed E-state index contributed by atoms with van der Waals surface area (Å²) in [6, 6.07) is 0. The minimum absolute atomic E-state index is 0. The van der Waals surface area contributed by atoms with Crippen LogP contribution in [0.3, 0.4) is 0 Å². The van der Waals surface area contributed by atoms with E-state index in [0.29, 0.717) is 7.18 Å². The van der Waals surface area contributed by atoms with Gasteiger partial charge in [-0.15, -0.1) is 0 Å². The molecule has 0 aromatic heterocycles. The molecular formula is C10H28F6O2. The van der Waals surface area contributed by atoms with E-state index in [2.05, 4.69) is 9.68 Å². The zero-order valence-electron chi connectivity index (χ0n) is 9.91. The van der Waals surface area contributed by atoms with Crippen LogP contribution in [-0.4, -0.2) is 41.4 Å². The second-order valence-electron chi connectivity index (χ2n) is 1.11. The highest BCUT2D eigenvalue weighted by molar-refractivity contribution is 3.86. The summed E-state index contributed by atoms with van der Waals surface area (Å²) in [5.41, 5.74) is 0. The summed E-state index contributed by atoms with van der Waals surface area (Å²) in [5, 5.41) is 0. The molecule has 8 heteroatoms. The quantitative estimate of drug-likeness (QED) is 0.653. The van der Waals surface area contributed by atoms with Crippen molar-refractivity contribution < 1.29 is 36.2 Å². The number of hydrogen-bond acceptors (Lipinski definition) is 2. The van der Waals surface area contributed by atoms with Gasteiger partial charge in [-0.1, -0.05) is 14.9 Å². The van der Waals surface area contributed by atoms with E-state index < -0.39 is 13.7 Å². The first-order valence-corrected chi connectivity index (χ1v) is 4.00. The van der Waals surface area contributed by atoms with Crippen LogP contribution in [0.25, 0.3) is 0 Å². The third-order valence-corrected chi connectivity index (χ3v) is 0.154. The number of ether oxygens (including phenoxy) is 1. The van der Waals surface area contributed by atoms with Crippen LogP contribution >= 0.6 is 0 Å². The van der Waals surface area contributed by atoms with Crippen molar-refractivity contribution in [1.82, 2.24) is 0 Å². The molecule has 0 aromatic carbocycles. The first kappa shape index (κ1) is 43.2. The molecule has 18 heavy (non-hydrogen) atoms. The maximum atomic E-state index is 10.5. The fourth-order valence-electron chi connectivity index (χ4n) is 0.0292. The average molecular weight is 294 g/mol. The lowest BCUT2D eigenvalue weighted by atomic mass is 10.9. The lowest BCUT2D eigenvalue weighted by molar-refractivity contribution is -0.0960. The molecule has 122 valence electrons. The topological polar surface area (TPSA) is 18.5 Å². The van der Waals surface area contributed by atoms with Crippen molar-refractivity contribution in [2.24, 2.45) is 0 Å². The molecule has 0 aliphatic heterocycles. The lowest BCUT2D eigenvalue weighted by Gasteiger charge is -1.80. The maximum Gasteiger partial charge on any atom is 0.191 e. The van der Waals surface area contributed by atoms with Gasteiger partial charge in [0.2, 0.25) is 0 Å². The molecule has 0 radical (unpaired) electrons. The van der Waals surface area contributed by atoms with Crippen molar-refractivity contribution in [3.8, 4) is 0 Å². The van der Waals surface area contributed by atoms with E-state index >= 15 is 0 Å². The summed E-state index contributed by atoms with van der Waals surface area (Å²) in [4.78, 5) is 2.75. The van der Waals surface area contributed by atoms with Gasteiger partial charge < -0.3 is 4.74 Å². The molecule has 0 rings (SSSR count). The maximum absolute atomic E-state index is 10.5. The second-order valence-corrected chi connectivity index (χ2v) is 1.11. The lowest BCUT2D eigenvalue weighted by Crippen LogP contribution is -1.80. The normalized spacial score (nSPS) is 5.67. The van der Waals surface area contributed by atoms with Gasteiger partial charge in [-0.3, -0.25) is 13.2 Å². The molecule has 0 aliphatic carbocycles. The highest BCUT2D eigenvalue weighted by Gasteiger charge is 1.70. The minimum atomic E-state index is -1.03. The molecule has 0 N–H and O–H groups in total. The Morgan fingerprint density at radius 1 is 0.778 bits per heavy atom. The van der Waals surface area contributed by atoms with Gasteiger partial charge in [-0.05, 0) is 18.4 Å². The predicted octanol–water partition coefficient (Wildman–Crippen LogP) is 5.18. The molecule has 0 aliphatic rings. The van der Waals surface area contributed by atoms with Gasteiger partial charge in [-0.2, -0.15) is 4.94 Å². The van der Waals surface area contributed by atoms with E-state index in [1.54, 1.807) is 0 Å². The summed E-state index contributed by atoms with van der Waals surface area (Å²) >= 11 is 0. The molecule has 0 bridgehead atoms. The van der Waals surface area contributed by atoms with Gasteiger partial charge in [0.25, 0.3) is 0 Å². The standard InChI is InChI=1S/C2H4F2O.2C2H5F.CH3FO.CH3F.2CH4/c3-1-5-2-4;2*1-2-3;1-3-2;1-2;;/h1-2H2;2*2H2,1H3;1H3;1H3;2*1H4. The fraction of sp³-hybridized carbons (Fsp3) is 1.00. The molecule has 0 unspecified atom stereocenters. The van der Waals surface area contributed by atoms with Gasteiger partial charge >= 0.3 is 0 Å². The van der Waals surface area contributed by atoms with Crippen molar-refractivity contribution in [2.45, 2.75) is 28.7 Å². The summed E-state index contributed by atoms with van der Waals surface area (Å²) in [6.45, 7) is 0.354. The Morgan fingerprint density at radius 2 is 0.889 bits per heavy atom. The fourth-order valence-corrected chi connectivity index (χ4v) is 0.0292. The van der Waals surface area contributed by atoms with Crippen molar-refractivity contribution in [2.75, 3.05) is 41.4 Å². The van der Waals surface area contributed by atoms with Crippen LogP contribution in [0.15, 0.2) is 0 Å². The van der Waals surface area contributed by atoms with Gasteiger partial charge in [0.15, 0.2) is 13.7 Å². The van der Waals surface area contributed by atoms with E-state index in [4.69, 9.17) is 0 Å². The zero-order valence-corrected chi connectivity index (χ0v) is 9.91. The third-order valence-electron chi connectivity index (χ3n) is 0.154. The largest absolute Gasteiger partial charge is 0.319 e. The Labute approximate surface area is 107 Å². The second kappa shape index (κ2) is 131. The van der Waals surface area contributed by atoms with E-state index in [0.717, 1.165) is 7.11 Å². The van der Waals surface area contributed by atoms with E-state index in [9.17, 15) is 26.5 Å². The van der Waals surface area contributed by atoms with Crippen molar-refractivity contribution in [3.63, 3.8) is 0 Å².